The van der Waals surface area contributed by atoms with Crippen LogP contribution in [0.15, 0.2) is 24.5 Å². The number of benzene rings is 1. The highest BCUT2D eigenvalue weighted by Crippen LogP contribution is 2.34. The molecule has 8 nitrogen and oxygen atoms in total. The van der Waals surface area contributed by atoms with E-state index < -0.39 is 5.60 Å². The van der Waals surface area contributed by atoms with Crippen LogP contribution in [0.1, 0.15) is 49.1 Å². The fraction of sp³-hybridized carbons (Fsp3) is 0.480. The summed E-state index contributed by atoms with van der Waals surface area (Å²) in [5.41, 5.74) is 6.82. The van der Waals surface area contributed by atoms with Gasteiger partial charge < -0.3 is 25.0 Å². The first-order chi connectivity index (χ1) is 15.8. The van der Waals surface area contributed by atoms with Crippen molar-refractivity contribution in [1.82, 2.24) is 25.2 Å². The molecule has 3 N–H and O–H groups in total. The average molecular weight is 450 g/mol. The molecule has 2 aliphatic rings. The number of nitrogens with one attached hydrogen (secondary N) is 2. The summed E-state index contributed by atoms with van der Waals surface area (Å²) in [6.07, 6.45) is 5.42. The molecule has 8 heteroatoms. The van der Waals surface area contributed by atoms with E-state index in [1.165, 1.54) is 5.56 Å². The van der Waals surface area contributed by atoms with Gasteiger partial charge in [-0.2, -0.15) is 0 Å². The van der Waals surface area contributed by atoms with Crippen LogP contribution in [-0.4, -0.2) is 62.8 Å². The smallest absolute Gasteiger partial charge is 0.254 e. The Hall–Kier alpha value is -2.81. The fourth-order valence-corrected chi connectivity index (χ4v) is 4.83. The number of carbonyl (C=O) groups is 1. The molecule has 0 spiro atoms. The number of amides is 1. The van der Waals surface area contributed by atoms with E-state index in [0.29, 0.717) is 26.3 Å². The van der Waals surface area contributed by atoms with Crippen LogP contribution in [0.3, 0.4) is 0 Å². The van der Waals surface area contributed by atoms with Crippen molar-refractivity contribution in [1.29, 1.82) is 0 Å². The predicted molar refractivity (Wildman–Crippen MR) is 126 cm³/mol. The number of aliphatic hydroxyl groups is 1. The van der Waals surface area contributed by atoms with Crippen LogP contribution in [0.2, 0.25) is 0 Å². The number of morpholine rings is 1. The lowest BCUT2D eigenvalue weighted by Gasteiger charge is -2.36. The second kappa shape index (κ2) is 8.52. The van der Waals surface area contributed by atoms with Gasteiger partial charge >= 0.3 is 0 Å². The SMILES string of the molecule is CCc1c[nH]c2ncc(-c3cc4c(c(C5COCCN5)c3)CN(C(=O)C(C)(C)O)CC4)nc12. The second-order valence-electron chi connectivity index (χ2n) is 9.44. The van der Waals surface area contributed by atoms with Gasteiger partial charge in [-0.1, -0.05) is 6.92 Å². The van der Waals surface area contributed by atoms with E-state index in [2.05, 4.69) is 34.3 Å². The maximum absolute atomic E-state index is 12.8. The predicted octanol–water partition coefficient (Wildman–Crippen LogP) is 2.50. The Morgan fingerprint density at radius 2 is 2.21 bits per heavy atom. The van der Waals surface area contributed by atoms with Crippen LogP contribution in [0, 0.1) is 0 Å². The molecule has 1 aromatic carbocycles. The molecule has 3 aromatic rings. The standard InChI is InChI=1S/C25H31N5O3/c1-4-15-11-27-23-22(15)29-20(12-28-23)17-9-16-5-7-30(24(31)25(2,3)32)13-19(16)18(10-17)21-14-33-8-6-26-21/h9-12,21,26,32H,4-8,13-14H2,1-3H3,(H,27,28). The van der Waals surface area contributed by atoms with Crippen LogP contribution < -0.4 is 5.32 Å². The Morgan fingerprint density at radius 3 is 2.94 bits per heavy atom. The van der Waals surface area contributed by atoms with Crippen LogP contribution in [0.25, 0.3) is 22.4 Å². The molecule has 5 rings (SSSR count). The first kappa shape index (κ1) is 22.0. The van der Waals surface area contributed by atoms with E-state index in [-0.39, 0.29) is 11.9 Å². The molecule has 33 heavy (non-hydrogen) atoms. The Kier molecular flexibility index (Phi) is 5.68. The number of nitrogens with zero attached hydrogens (tertiary/aromatic N) is 3. The van der Waals surface area contributed by atoms with Crippen molar-refractivity contribution in [3.05, 3.63) is 46.8 Å². The van der Waals surface area contributed by atoms with Crippen molar-refractivity contribution in [2.45, 2.75) is 51.8 Å². The van der Waals surface area contributed by atoms with Gasteiger partial charge in [0.1, 0.15) is 11.1 Å². The number of aromatic amines is 1. The van der Waals surface area contributed by atoms with Crippen LogP contribution in [0.5, 0.6) is 0 Å². The third-order valence-electron chi connectivity index (χ3n) is 6.62. The van der Waals surface area contributed by atoms with Gasteiger partial charge in [-0.25, -0.2) is 9.97 Å². The number of H-pyrrole nitrogens is 1. The van der Waals surface area contributed by atoms with Gasteiger partial charge in [-0.3, -0.25) is 4.79 Å². The Bertz CT molecular complexity index is 1190. The van der Waals surface area contributed by atoms with Crippen LogP contribution in [0.4, 0.5) is 0 Å². The summed E-state index contributed by atoms with van der Waals surface area (Å²) in [4.78, 5) is 27.3. The molecule has 4 heterocycles. The molecule has 2 aliphatic heterocycles. The topological polar surface area (TPSA) is 103 Å². The number of aryl methyl sites for hydroxylation is 1. The molecule has 1 saturated heterocycles. The summed E-state index contributed by atoms with van der Waals surface area (Å²) >= 11 is 0. The minimum absolute atomic E-state index is 0.0415. The number of hydrogen-bond acceptors (Lipinski definition) is 6. The molecule has 1 unspecified atom stereocenters. The van der Waals surface area contributed by atoms with E-state index in [4.69, 9.17) is 9.72 Å². The van der Waals surface area contributed by atoms with Gasteiger partial charge in [0.2, 0.25) is 0 Å². The molecular weight excluding hydrogens is 418 g/mol. The molecule has 1 amide bonds. The zero-order chi connectivity index (χ0) is 23.2. The number of rotatable bonds is 4. The highest BCUT2D eigenvalue weighted by molar-refractivity contribution is 5.84. The van der Waals surface area contributed by atoms with E-state index >= 15 is 0 Å². The van der Waals surface area contributed by atoms with Crippen LogP contribution >= 0.6 is 0 Å². The maximum Gasteiger partial charge on any atom is 0.254 e. The lowest BCUT2D eigenvalue weighted by molar-refractivity contribution is -0.148. The maximum atomic E-state index is 12.8. The minimum Gasteiger partial charge on any atom is -0.381 e. The monoisotopic (exact) mass is 449 g/mol. The first-order valence-electron chi connectivity index (χ1n) is 11.7. The molecule has 0 radical (unpaired) electrons. The summed E-state index contributed by atoms with van der Waals surface area (Å²) in [6, 6.07) is 4.39. The second-order valence-corrected chi connectivity index (χ2v) is 9.44. The van der Waals surface area contributed by atoms with Crippen molar-refractivity contribution in [3.63, 3.8) is 0 Å². The number of aromatic nitrogens is 3. The molecule has 1 atom stereocenters. The van der Waals surface area contributed by atoms with Gasteiger partial charge in [0.15, 0.2) is 5.65 Å². The number of carbonyl (C=O) groups excluding carboxylic acids is 1. The third kappa shape index (κ3) is 4.14. The highest BCUT2D eigenvalue weighted by Gasteiger charge is 2.33. The molecule has 1 fully saturated rings. The minimum atomic E-state index is -1.39. The Balaban J connectivity index is 1.58. The van der Waals surface area contributed by atoms with Crippen molar-refractivity contribution in [2.75, 3.05) is 26.3 Å². The molecule has 2 aromatic heterocycles. The van der Waals surface area contributed by atoms with E-state index in [1.807, 2.05) is 12.4 Å². The normalized spacial score (nSPS) is 19.0. The quantitative estimate of drug-likeness (QED) is 0.566. The Labute approximate surface area is 193 Å². The van der Waals surface area contributed by atoms with Gasteiger partial charge in [-0.15, -0.1) is 0 Å². The van der Waals surface area contributed by atoms with E-state index in [9.17, 15) is 9.90 Å². The summed E-state index contributed by atoms with van der Waals surface area (Å²) in [5.74, 6) is -0.244. The summed E-state index contributed by atoms with van der Waals surface area (Å²) in [7, 11) is 0. The number of hydrogen-bond donors (Lipinski definition) is 3. The van der Waals surface area contributed by atoms with Gasteiger partial charge in [0, 0.05) is 31.4 Å². The molecule has 174 valence electrons. The number of fused-ring (bicyclic) bond motifs is 2. The van der Waals surface area contributed by atoms with Crippen molar-refractivity contribution < 1.29 is 14.6 Å². The zero-order valence-electron chi connectivity index (χ0n) is 19.4. The van der Waals surface area contributed by atoms with Crippen molar-refractivity contribution >= 4 is 17.1 Å². The van der Waals surface area contributed by atoms with Crippen molar-refractivity contribution in [2.24, 2.45) is 0 Å². The Morgan fingerprint density at radius 1 is 1.36 bits per heavy atom. The van der Waals surface area contributed by atoms with E-state index in [1.54, 1.807) is 18.7 Å². The average Bonchev–Trinajstić information content (AvgIpc) is 3.25. The highest BCUT2D eigenvalue weighted by atomic mass is 16.5. The van der Waals surface area contributed by atoms with Crippen LogP contribution in [-0.2, 0) is 28.9 Å². The lowest BCUT2D eigenvalue weighted by atomic mass is 9.87. The van der Waals surface area contributed by atoms with Gasteiger partial charge in [0.25, 0.3) is 5.91 Å². The molecule has 0 bridgehead atoms. The van der Waals surface area contributed by atoms with E-state index in [0.717, 1.165) is 58.5 Å². The zero-order valence-corrected chi connectivity index (χ0v) is 19.4. The summed E-state index contributed by atoms with van der Waals surface area (Å²) in [5, 5.41) is 13.8. The molecule has 0 saturated carbocycles. The molecule has 0 aliphatic carbocycles. The lowest BCUT2D eigenvalue weighted by Crippen LogP contribution is -2.47. The van der Waals surface area contributed by atoms with Gasteiger partial charge in [-0.05, 0) is 61.1 Å². The molecular formula is C25H31N5O3. The number of ether oxygens (including phenoxy) is 1. The largest absolute Gasteiger partial charge is 0.381 e. The fourth-order valence-electron chi connectivity index (χ4n) is 4.83. The summed E-state index contributed by atoms with van der Waals surface area (Å²) in [6.45, 7) is 8.32. The van der Waals surface area contributed by atoms with Gasteiger partial charge in [0.05, 0.1) is 31.1 Å². The third-order valence-corrected chi connectivity index (χ3v) is 6.62. The summed E-state index contributed by atoms with van der Waals surface area (Å²) < 4.78 is 5.76. The van der Waals surface area contributed by atoms with Crippen molar-refractivity contribution in [3.8, 4) is 11.3 Å². The first-order valence-corrected chi connectivity index (χ1v) is 11.7.